The van der Waals surface area contributed by atoms with E-state index < -0.39 is 0 Å². The van der Waals surface area contributed by atoms with Crippen LogP contribution in [0.2, 0.25) is 0 Å². The molecule has 0 fully saturated rings. The minimum Gasteiger partial charge on any atom is -0.468 e. The Hall–Kier alpha value is -0.450. The van der Waals surface area contributed by atoms with Gasteiger partial charge >= 0.3 is 0 Å². The van der Waals surface area contributed by atoms with Crippen molar-refractivity contribution in [3.63, 3.8) is 0 Å². The van der Waals surface area contributed by atoms with Gasteiger partial charge in [-0.1, -0.05) is 0 Å². The van der Waals surface area contributed by atoms with Crippen molar-refractivity contribution in [2.24, 2.45) is 0 Å². The Bertz CT molecular complexity index is 243. The third kappa shape index (κ3) is 5.58. The second kappa shape index (κ2) is 8.67. The molecule has 0 spiro atoms. The van der Waals surface area contributed by atoms with Gasteiger partial charge in [0, 0.05) is 19.6 Å². The van der Waals surface area contributed by atoms with E-state index in [1.807, 2.05) is 37.7 Å². The van der Waals surface area contributed by atoms with Gasteiger partial charge in [0.1, 0.15) is 5.76 Å². The molecule has 0 N–H and O–H groups in total. The van der Waals surface area contributed by atoms with Crippen molar-refractivity contribution >= 4 is 11.8 Å². The van der Waals surface area contributed by atoms with Crippen LogP contribution in [0.4, 0.5) is 0 Å². The van der Waals surface area contributed by atoms with E-state index in [9.17, 15) is 0 Å². The van der Waals surface area contributed by atoms with Crippen LogP contribution < -0.4 is 0 Å². The molecule has 0 aliphatic heterocycles. The van der Waals surface area contributed by atoms with Crippen LogP contribution in [0.3, 0.4) is 0 Å². The molecule has 0 atom stereocenters. The molecule has 0 saturated carbocycles. The van der Waals surface area contributed by atoms with E-state index in [0.717, 1.165) is 23.7 Å². The highest BCUT2D eigenvalue weighted by Gasteiger charge is 2.07. The predicted octanol–water partition coefficient (Wildman–Crippen LogP) is 3.30. The van der Waals surface area contributed by atoms with Crippen LogP contribution in [0, 0.1) is 0 Å². The van der Waals surface area contributed by atoms with E-state index >= 15 is 0 Å². The molecule has 0 aliphatic carbocycles. The first kappa shape index (κ1) is 13.6. The average Bonchev–Trinajstić information content (AvgIpc) is 2.78. The largest absolute Gasteiger partial charge is 0.468 e. The number of ether oxygens (including phenoxy) is 2. The highest BCUT2D eigenvalue weighted by Crippen LogP contribution is 2.15. The van der Waals surface area contributed by atoms with Gasteiger partial charge in [0.2, 0.25) is 0 Å². The SMILES string of the molecule is CCOC(CCSCc1ccco1)OCC. The second-order valence-corrected chi connectivity index (χ2v) is 4.37. The quantitative estimate of drug-likeness (QED) is 0.493. The lowest BCUT2D eigenvalue weighted by Gasteiger charge is -2.16. The fourth-order valence-electron chi connectivity index (χ4n) is 1.33. The lowest BCUT2D eigenvalue weighted by molar-refractivity contribution is -0.136. The van der Waals surface area contributed by atoms with Crippen LogP contribution >= 0.6 is 11.8 Å². The van der Waals surface area contributed by atoms with Gasteiger partial charge in [-0.2, -0.15) is 11.8 Å². The molecule has 0 aliphatic rings. The molecule has 92 valence electrons. The minimum absolute atomic E-state index is 0.0564. The Morgan fingerprint density at radius 1 is 1.31 bits per heavy atom. The van der Waals surface area contributed by atoms with E-state index in [-0.39, 0.29) is 6.29 Å². The molecular weight excluding hydrogens is 224 g/mol. The van der Waals surface area contributed by atoms with Crippen molar-refractivity contribution in [3.05, 3.63) is 24.2 Å². The molecule has 1 aromatic heterocycles. The van der Waals surface area contributed by atoms with E-state index in [4.69, 9.17) is 13.9 Å². The second-order valence-electron chi connectivity index (χ2n) is 3.26. The summed E-state index contributed by atoms with van der Waals surface area (Å²) in [4.78, 5) is 0. The molecule has 3 nitrogen and oxygen atoms in total. The third-order valence-electron chi connectivity index (χ3n) is 2.03. The molecule has 0 saturated heterocycles. The molecule has 1 heterocycles. The first-order valence-corrected chi connectivity index (χ1v) is 6.85. The van der Waals surface area contributed by atoms with Crippen LogP contribution in [0.5, 0.6) is 0 Å². The van der Waals surface area contributed by atoms with E-state index in [1.165, 1.54) is 0 Å². The first-order chi connectivity index (χ1) is 7.86. The molecule has 0 radical (unpaired) electrons. The molecule has 1 aromatic rings. The Morgan fingerprint density at radius 2 is 2.06 bits per heavy atom. The first-order valence-electron chi connectivity index (χ1n) is 5.70. The summed E-state index contributed by atoms with van der Waals surface area (Å²) in [5.74, 6) is 2.96. The zero-order valence-corrected chi connectivity index (χ0v) is 10.8. The normalized spacial score (nSPS) is 11.2. The maximum atomic E-state index is 5.46. The van der Waals surface area contributed by atoms with Crippen molar-refractivity contribution < 1.29 is 13.9 Å². The fraction of sp³-hybridized carbons (Fsp3) is 0.667. The van der Waals surface area contributed by atoms with Gasteiger partial charge in [-0.15, -0.1) is 0 Å². The molecule has 1 rings (SSSR count). The van der Waals surface area contributed by atoms with E-state index in [1.54, 1.807) is 6.26 Å². The fourth-order valence-corrected chi connectivity index (χ4v) is 2.20. The zero-order valence-electron chi connectivity index (χ0n) is 9.98. The van der Waals surface area contributed by atoms with Gasteiger partial charge < -0.3 is 13.9 Å². The molecule has 0 bridgehead atoms. The Kier molecular flexibility index (Phi) is 7.38. The summed E-state index contributed by atoms with van der Waals surface area (Å²) in [5.41, 5.74) is 0. The lowest BCUT2D eigenvalue weighted by atomic mass is 10.5. The number of furan rings is 1. The highest BCUT2D eigenvalue weighted by molar-refractivity contribution is 7.98. The zero-order chi connectivity index (χ0) is 11.6. The maximum absolute atomic E-state index is 5.46. The Morgan fingerprint density at radius 3 is 2.62 bits per heavy atom. The summed E-state index contributed by atoms with van der Waals surface area (Å²) in [6.07, 6.45) is 2.57. The monoisotopic (exact) mass is 244 g/mol. The molecule has 0 unspecified atom stereocenters. The van der Waals surface area contributed by atoms with Crippen molar-refractivity contribution in [2.45, 2.75) is 32.3 Å². The third-order valence-corrected chi connectivity index (χ3v) is 3.04. The van der Waals surface area contributed by atoms with E-state index in [0.29, 0.717) is 13.2 Å². The lowest BCUT2D eigenvalue weighted by Crippen LogP contribution is -2.18. The summed E-state index contributed by atoms with van der Waals surface area (Å²) >= 11 is 1.84. The van der Waals surface area contributed by atoms with Crippen molar-refractivity contribution in [1.29, 1.82) is 0 Å². The maximum Gasteiger partial charge on any atom is 0.158 e. The van der Waals surface area contributed by atoms with Crippen LogP contribution in [0.15, 0.2) is 22.8 Å². The topological polar surface area (TPSA) is 31.6 Å². The number of hydrogen-bond acceptors (Lipinski definition) is 4. The molecular formula is C12H20O3S. The summed E-state index contributed by atoms with van der Waals surface area (Å²) < 4.78 is 16.2. The number of rotatable bonds is 9. The van der Waals surface area contributed by atoms with Crippen LogP contribution in [-0.4, -0.2) is 25.3 Å². The Balaban J connectivity index is 2.08. The smallest absolute Gasteiger partial charge is 0.158 e. The van der Waals surface area contributed by atoms with Crippen molar-refractivity contribution in [2.75, 3.05) is 19.0 Å². The van der Waals surface area contributed by atoms with Crippen molar-refractivity contribution in [1.82, 2.24) is 0 Å². The highest BCUT2D eigenvalue weighted by atomic mass is 32.2. The van der Waals surface area contributed by atoms with Crippen LogP contribution in [-0.2, 0) is 15.2 Å². The van der Waals surface area contributed by atoms with Gasteiger partial charge in [0.15, 0.2) is 6.29 Å². The molecule has 0 amide bonds. The molecule has 4 heteroatoms. The van der Waals surface area contributed by atoms with Crippen LogP contribution in [0.25, 0.3) is 0 Å². The summed E-state index contributed by atoms with van der Waals surface area (Å²) in [5, 5.41) is 0. The summed E-state index contributed by atoms with van der Waals surface area (Å²) in [7, 11) is 0. The number of thioether (sulfide) groups is 1. The van der Waals surface area contributed by atoms with E-state index in [2.05, 4.69) is 0 Å². The van der Waals surface area contributed by atoms with Gasteiger partial charge in [0.05, 0.1) is 12.0 Å². The van der Waals surface area contributed by atoms with Gasteiger partial charge in [-0.25, -0.2) is 0 Å². The van der Waals surface area contributed by atoms with Gasteiger partial charge in [-0.3, -0.25) is 0 Å². The van der Waals surface area contributed by atoms with Crippen LogP contribution in [0.1, 0.15) is 26.0 Å². The Labute approximate surface area is 101 Å². The standard InChI is InChI=1S/C12H20O3S/c1-3-13-12(14-4-2)7-9-16-10-11-6-5-8-15-11/h5-6,8,12H,3-4,7,9-10H2,1-2H3. The summed E-state index contributed by atoms with van der Waals surface area (Å²) in [6.45, 7) is 5.38. The minimum atomic E-state index is -0.0564. The van der Waals surface area contributed by atoms with Gasteiger partial charge in [-0.05, 0) is 31.7 Å². The molecule has 0 aromatic carbocycles. The predicted molar refractivity (Wildman–Crippen MR) is 66.5 cm³/mol. The number of hydrogen-bond donors (Lipinski definition) is 0. The molecule has 16 heavy (non-hydrogen) atoms. The summed E-state index contributed by atoms with van der Waals surface area (Å²) in [6, 6.07) is 3.91. The van der Waals surface area contributed by atoms with Crippen molar-refractivity contribution in [3.8, 4) is 0 Å². The average molecular weight is 244 g/mol. The van der Waals surface area contributed by atoms with Gasteiger partial charge in [0.25, 0.3) is 0 Å².